The van der Waals surface area contributed by atoms with Crippen LogP contribution in [0, 0.1) is 0 Å². The quantitative estimate of drug-likeness (QED) is 0.865. The molecule has 6 heteroatoms. The maximum atomic E-state index is 12.6. The summed E-state index contributed by atoms with van der Waals surface area (Å²) in [6.07, 6.45) is 5.00. The number of nitrogens with zero attached hydrogens (tertiary/aromatic N) is 2. The third-order valence-electron chi connectivity index (χ3n) is 4.06. The van der Waals surface area contributed by atoms with Crippen molar-refractivity contribution in [2.45, 2.75) is 64.8 Å². The summed E-state index contributed by atoms with van der Waals surface area (Å²) in [5.74, 6) is -1.21. The van der Waals surface area contributed by atoms with E-state index in [4.69, 9.17) is 4.74 Å². The van der Waals surface area contributed by atoms with Gasteiger partial charge in [-0.2, -0.15) is 5.10 Å². The molecule has 0 unspecified atom stereocenters. The van der Waals surface area contributed by atoms with Crippen LogP contribution in [0.5, 0.6) is 5.75 Å². The van der Waals surface area contributed by atoms with Crippen molar-refractivity contribution >= 4 is 5.97 Å². The van der Waals surface area contributed by atoms with E-state index >= 15 is 0 Å². The summed E-state index contributed by atoms with van der Waals surface area (Å²) in [5, 5.41) is 14.6. The molecule has 1 aliphatic carbocycles. The maximum absolute atomic E-state index is 12.6. The Morgan fingerprint density at radius 1 is 1.36 bits per heavy atom. The highest BCUT2D eigenvalue weighted by Gasteiger charge is 2.28. The highest BCUT2D eigenvalue weighted by molar-refractivity contribution is 5.92. The van der Waals surface area contributed by atoms with Gasteiger partial charge in [-0.05, 0) is 19.8 Å². The lowest BCUT2D eigenvalue weighted by molar-refractivity contribution is 0.0518. The van der Waals surface area contributed by atoms with Crippen LogP contribution in [0.2, 0.25) is 0 Å². The first-order valence-corrected chi connectivity index (χ1v) is 8.00. The van der Waals surface area contributed by atoms with Gasteiger partial charge in [0.1, 0.15) is 5.69 Å². The topological polar surface area (TPSA) is 81.4 Å². The van der Waals surface area contributed by atoms with Gasteiger partial charge in [0.2, 0.25) is 0 Å². The lowest BCUT2D eigenvalue weighted by Gasteiger charge is -2.24. The molecular weight excluding hydrogens is 284 g/mol. The molecule has 1 aliphatic rings. The van der Waals surface area contributed by atoms with E-state index in [0.717, 1.165) is 32.1 Å². The van der Waals surface area contributed by atoms with Crippen LogP contribution >= 0.6 is 0 Å². The highest BCUT2D eigenvalue weighted by atomic mass is 16.5. The fourth-order valence-electron chi connectivity index (χ4n) is 2.90. The van der Waals surface area contributed by atoms with Gasteiger partial charge in [-0.3, -0.25) is 4.79 Å². The summed E-state index contributed by atoms with van der Waals surface area (Å²) in [6, 6.07) is -0.00692. The molecule has 2 rings (SSSR count). The number of aromatic nitrogens is 2. The second-order valence-electron chi connectivity index (χ2n) is 6.03. The second-order valence-corrected chi connectivity index (χ2v) is 6.03. The van der Waals surface area contributed by atoms with Crippen LogP contribution in [0.15, 0.2) is 4.79 Å². The molecule has 1 N–H and O–H groups in total. The molecule has 1 heterocycles. The number of aromatic hydroxyl groups is 1. The second kappa shape index (κ2) is 6.94. The molecule has 0 radical (unpaired) electrons. The Morgan fingerprint density at radius 3 is 2.55 bits per heavy atom. The number of ether oxygens (including phenoxy) is 1. The fourth-order valence-corrected chi connectivity index (χ4v) is 2.90. The Morgan fingerprint density at radius 2 is 2.00 bits per heavy atom. The van der Waals surface area contributed by atoms with E-state index < -0.39 is 11.5 Å². The van der Waals surface area contributed by atoms with Gasteiger partial charge in [0.25, 0.3) is 5.56 Å². The molecule has 0 aliphatic heterocycles. The predicted octanol–water partition coefficient (Wildman–Crippen LogP) is 2.75. The Hall–Kier alpha value is -1.85. The van der Waals surface area contributed by atoms with Crippen LogP contribution in [-0.4, -0.2) is 27.5 Å². The van der Waals surface area contributed by atoms with Gasteiger partial charge in [0, 0.05) is 5.92 Å². The lowest BCUT2D eigenvalue weighted by atomic mass is 9.95. The zero-order valence-corrected chi connectivity index (χ0v) is 13.5. The van der Waals surface area contributed by atoms with Crippen molar-refractivity contribution in [1.82, 2.24) is 9.78 Å². The molecule has 1 aromatic heterocycles. The molecule has 0 amide bonds. The van der Waals surface area contributed by atoms with Crippen molar-refractivity contribution in [2.75, 3.05) is 6.61 Å². The van der Waals surface area contributed by atoms with Gasteiger partial charge in [-0.1, -0.05) is 33.1 Å². The highest BCUT2D eigenvalue weighted by Crippen LogP contribution is 2.30. The molecule has 6 nitrogen and oxygen atoms in total. The first-order chi connectivity index (χ1) is 10.5. The van der Waals surface area contributed by atoms with E-state index in [2.05, 4.69) is 5.10 Å². The number of esters is 1. The maximum Gasteiger partial charge on any atom is 0.347 e. The first kappa shape index (κ1) is 16.5. The molecule has 1 saturated carbocycles. The number of carbonyl (C=O) groups excluding carboxylic acids is 1. The molecule has 1 fully saturated rings. The predicted molar refractivity (Wildman–Crippen MR) is 82.3 cm³/mol. The van der Waals surface area contributed by atoms with Gasteiger partial charge in [-0.25, -0.2) is 9.48 Å². The van der Waals surface area contributed by atoms with E-state index in [0.29, 0.717) is 5.69 Å². The number of carbonyl (C=O) groups is 1. The minimum atomic E-state index is -0.779. The van der Waals surface area contributed by atoms with Gasteiger partial charge in [-0.15, -0.1) is 0 Å². The zero-order chi connectivity index (χ0) is 16.3. The molecule has 0 aromatic carbocycles. The number of rotatable bonds is 4. The van der Waals surface area contributed by atoms with E-state index in [9.17, 15) is 14.7 Å². The van der Waals surface area contributed by atoms with E-state index in [1.807, 2.05) is 13.8 Å². The van der Waals surface area contributed by atoms with Crippen LogP contribution in [0.25, 0.3) is 0 Å². The van der Waals surface area contributed by atoms with Crippen molar-refractivity contribution in [1.29, 1.82) is 0 Å². The van der Waals surface area contributed by atoms with E-state index in [1.54, 1.807) is 6.92 Å². The number of hydrogen-bond donors (Lipinski definition) is 1. The summed E-state index contributed by atoms with van der Waals surface area (Å²) >= 11 is 0. The van der Waals surface area contributed by atoms with Crippen molar-refractivity contribution < 1.29 is 14.6 Å². The van der Waals surface area contributed by atoms with Crippen LogP contribution in [0.3, 0.4) is 0 Å². The van der Waals surface area contributed by atoms with Gasteiger partial charge in [0.05, 0.1) is 12.6 Å². The van der Waals surface area contributed by atoms with Crippen molar-refractivity contribution in [3.05, 3.63) is 21.6 Å². The monoisotopic (exact) mass is 308 g/mol. The Labute approximate surface area is 130 Å². The molecular formula is C16H24N2O4. The molecule has 122 valence electrons. The SMILES string of the molecule is CCOC(=O)c1c(O)c(C(C)C)nn(C2CCCCC2)c1=O. The summed E-state index contributed by atoms with van der Waals surface area (Å²) in [5.41, 5.74) is -0.466. The van der Waals surface area contributed by atoms with Crippen molar-refractivity contribution in [3.63, 3.8) is 0 Å². The van der Waals surface area contributed by atoms with Crippen molar-refractivity contribution in [3.8, 4) is 5.75 Å². The van der Waals surface area contributed by atoms with E-state index in [1.165, 1.54) is 4.68 Å². The molecule has 0 spiro atoms. The van der Waals surface area contributed by atoms with Gasteiger partial charge >= 0.3 is 5.97 Å². The molecule has 22 heavy (non-hydrogen) atoms. The molecule has 0 saturated heterocycles. The summed E-state index contributed by atoms with van der Waals surface area (Å²) in [4.78, 5) is 24.7. The van der Waals surface area contributed by atoms with Crippen LogP contribution in [-0.2, 0) is 4.74 Å². The van der Waals surface area contributed by atoms with Gasteiger partial charge in [0.15, 0.2) is 11.3 Å². The minimum absolute atomic E-state index is 0.00692. The van der Waals surface area contributed by atoms with Crippen LogP contribution < -0.4 is 5.56 Å². The molecule has 0 atom stereocenters. The number of hydrogen-bond acceptors (Lipinski definition) is 5. The third-order valence-corrected chi connectivity index (χ3v) is 4.06. The normalized spacial score (nSPS) is 16.0. The summed E-state index contributed by atoms with van der Waals surface area (Å²) < 4.78 is 6.32. The minimum Gasteiger partial charge on any atom is -0.505 e. The van der Waals surface area contributed by atoms with Gasteiger partial charge < -0.3 is 9.84 Å². The Balaban J connectivity index is 2.58. The summed E-state index contributed by atoms with van der Waals surface area (Å²) in [7, 11) is 0. The average Bonchev–Trinajstić information content (AvgIpc) is 2.48. The Bertz CT molecular complexity index is 601. The van der Waals surface area contributed by atoms with E-state index in [-0.39, 0.29) is 29.9 Å². The van der Waals surface area contributed by atoms with Crippen molar-refractivity contribution in [2.24, 2.45) is 0 Å². The Kier molecular flexibility index (Phi) is 5.21. The zero-order valence-electron chi connectivity index (χ0n) is 13.5. The smallest absolute Gasteiger partial charge is 0.347 e. The standard InChI is InChI=1S/C16H24N2O4/c1-4-22-16(21)12-14(19)13(10(2)3)17-18(15(12)20)11-8-6-5-7-9-11/h10-11,19H,4-9H2,1-3H3. The average molecular weight is 308 g/mol. The lowest BCUT2D eigenvalue weighted by Crippen LogP contribution is -2.34. The first-order valence-electron chi connectivity index (χ1n) is 8.00. The fraction of sp³-hybridized carbons (Fsp3) is 0.688. The van der Waals surface area contributed by atoms with Crippen LogP contribution in [0.4, 0.5) is 0 Å². The molecule has 1 aromatic rings. The third kappa shape index (κ3) is 3.15. The largest absolute Gasteiger partial charge is 0.505 e. The molecule has 0 bridgehead atoms. The summed E-state index contributed by atoms with van der Waals surface area (Å²) in [6.45, 7) is 5.55. The van der Waals surface area contributed by atoms with Crippen LogP contribution in [0.1, 0.15) is 80.9 Å².